The quantitative estimate of drug-likeness (QED) is 0.795. The highest BCUT2D eigenvalue weighted by Crippen LogP contribution is 2.37. The van der Waals surface area contributed by atoms with E-state index in [-0.39, 0.29) is 5.82 Å². The highest BCUT2D eigenvalue weighted by Gasteiger charge is 2.32. The lowest BCUT2D eigenvalue weighted by molar-refractivity contribution is 0.202. The first-order valence-corrected chi connectivity index (χ1v) is 7.40. The number of rotatable bonds is 8. The van der Waals surface area contributed by atoms with E-state index in [1.54, 1.807) is 19.2 Å². The van der Waals surface area contributed by atoms with Crippen molar-refractivity contribution in [2.45, 2.75) is 32.2 Å². The van der Waals surface area contributed by atoms with Crippen molar-refractivity contribution in [3.05, 3.63) is 29.6 Å². The minimum absolute atomic E-state index is 0.184. The molecule has 0 amide bonds. The van der Waals surface area contributed by atoms with E-state index < -0.39 is 0 Å². The van der Waals surface area contributed by atoms with Gasteiger partial charge in [-0.3, -0.25) is 0 Å². The van der Waals surface area contributed by atoms with Crippen molar-refractivity contribution in [2.24, 2.45) is 11.7 Å². The highest BCUT2D eigenvalue weighted by molar-refractivity contribution is 5.50. The first-order chi connectivity index (χ1) is 9.65. The Hall–Kier alpha value is -1.13. The van der Waals surface area contributed by atoms with Crippen LogP contribution in [-0.4, -0.2) is 32.8 Å². The fourth-order valence-electron chi connectivity index (χ4n) is 2.70. The molecule has 2 N–H and O–H groups in total. The lowest BCUT2D eigenvalue weighted by Crippen LogP contribution is -2.37. The molecule has 1 aromatic rings. The van der Waals surface area contributed by atoms with Gasteiger partial charge in [-0.2, -0.15) is 0 Å². The predicted molar refractivity (Wildman–Crippen MR) is 80.6 cm³/mol. The van der Waals surface area contributed by atoms with E-state index in [4.69, 9.17) is 10.5 Å². The highest BCUT2D eigenvalue weighted by atomic mass is 19.1. The summed E-state index contributed by atoms with van der Waals surface area (Å²) in [6, 6.07) is 5.68. The number of nitrogens with zero attached hydrogens (tertiary/aromatic N) is 1. The van der Waals surface area contributed by atoms with Crippen molar-refractivity contribution in [3.8, 4) is 0 Å². The normalized spacial score (nSPS) is 16.2. The second-order valence-electron chi connectivity index (χ2n) is 5.62. The summed E-state index contributed by atoms with van der Waals surface area (Å²) in [5.41, 5.74) is 7.49. The van der Waals surface area contributed by atoms with Crippen LogP contribution < -0.4 is 10.6 Å². The molecule has 0 bridgehead atoms. The minimum atomic E-state index is -0.184. The van der Waals surface area contributed by atoms with Crippen molar-refractivity contribution in [2.75, 3.05) is 31.7 Å². The molecule has 1 aliphatic carbocycles. The third kappa shape index (κ3) is 3.93. The molecule has 0 heterocycles. The van der Waals surface area contributed by atoms with Crippen LogP contribution in [0.3, 0.4) is 0 Å². The van der Waals surface area contributed by atoms with Crippen molar-refractivity contribution >= 4 is 5.69 Å². The molecule has 3 nitrogen and oxygen atoms in total. The van der Waals surface area contributed by atoms with Gasteiger partial charge in [0.1, 0.15) is 5.82 Å². The summed E-state index contributed by atoms with van der Waals surface area (Å²) in [5.74, 6) is 0.546. The van der Waals surface area contributed by atoms with Crippen LogP contribution in [0.4, 0.5) is 10.1 Å². The van der Waals surface area contributed by atoms with Crippen LogP contribution in [0, 0.1) is 11.7 Å². The molecule has 0 saturated heterocycles. The summed E-state index contributed by atoms with van der Waals surface area (Å²) < 4.78 is 19.0. The molecule has 1 fully saturated rings. The van der Waals surface area contributed by atoms with E-state index in [0.717, 1.165) is 23.7 Å². The zero-order valence-corrected chi connectivity index (χ0v) is 12.4. The largest absolute Gasteiger partial charge is 0.383 e. The molecule has 0 aliphatic heterocycles. The Labute approximate surface area is 120 Å². The van der Waals surface area contributed by atoms with E-state index >= 15 is 0 Å². The fraction of sp³-hybridized carbons (Fsp3) is 0.625. The van der Waals surface area contributed by atoms with Crippen LogP contribution in [0.25, 0.3) is 0 Å². The lowest BCUT2D eigenvalue weighted by atomic mass is 10.1. The average Bonchev–Trinajstić information content (AvgIpc) is 3.23. The van der Waals surface area contributed by atoms with Crippen LogP contribution in [0.1, 0.15) is 25.3 Å². The maximum Gasteiger partial charge on any atom is 0.125 e. The van der Waals surface area contributed by atoms with Gasteiger partial charge in [-0.25, -0.2) is 4.39 Å². The number of halogens is 1. The van der Waals surface area contributed by atoms with E-state index in [0.29, 0.717) is 25.6 Å². The van der Waals surface area contributed by atoms with Crippen LogP contribution in [0.2, 0.25) is 0 Å². The summed E-state index contributed by atoms with van der Waals surface area (Å²) in [5, 5.41) is 0. The number of anilines is 1. The van der Waals surface area contributed by atoms with Gasteiger partial charge in [0.15, 0.2) is 0 Å². The van der Waals surface area contributed by atoms with E-state index in [2.05, 4.69) is 17.9 Å². The molecular weight excluding hydrogens is 255 g/mol. The first kappa shape index (κ1) is 15.3. The second-order valence-corrected chi connectivity index (χ2v) is 5.62. The molecule has 0 radical (unpaired) electrons. The standard InChI is InChI=1S/C16H25FN2O/c1-12(14-3-4-14)19(7-8-20-2)16-10-13(5-6-18)9-15(17)11-16/h9-12,14H,3-8,18H2,1-2H3. The average molecular weight is 280 g/mol. The predicted octanol–water partition coefficient (Wildman–Crippen LogP) is 2.58. The number of hydrogen-bond acceptors (Lipinski definition) is 3. The Morgan fingerprint density at radius 3 is 2.75 bits per heavy atom. The third-order valence-corrected chi connectivity index (χ3v) is 4.04. The molecule has 0 aromatic heterocycles. The monoisotopic (exact) mass is 280 g/mol. The van der Waals surface area contributed by atoms with Crippen LogP contribution in [0.5, 0.6) is 0 Å². The van der Waals surface area contributed by atoms with Crippen LogP contribution in [-0.2, 0) is 11.2 Å². The number of ether oxygens (including phenoxy) is 1. The minimum Gasteiger partial charge on any atom is -0.383 e. The molecule has 0 spiro atoms. The molecular formula is C16H25FN2O. The zero-order chi connectivity index (χ0) is 14.5. The van der Waals surface area contributed by atoms with Gasteiger partial charge >= 0.3 is 0 Å². The van der Waals surface area contributed by atoms with Crippen molar-refractivity contribution < 1.29 is 9.13 Å². The first-order valence-electron chi connectivity index (χ1n) is 7.40. The Morgan fingerprint density at radius 1 is 1.40 bits per heavy atom. The SMILES string of the molecule is COCCN(c1cc(F)cc(CCN)c1)C(C)C1CC1. The molecule has 1 atom stereocenters. The Kier molecular flexibility index (Phi) is 5.38. The molecule has 2 rings (SSSR count). The van der Waals surface area contributed by atoms with Crippen LogP contribution in [0.15, 0.2) is 18.2 Å². The summed E-state index contributed by atoms with van der Waals surface area (Å²) in [4.78, 5) is 2.27. The Morgan fingerprint density at radius 2 is 2.15 bits per heavy atom. The summed E-state index contributed by atoms with van der Waals surface area (Å²) >= 11 is 0. The summed E-state index contributed by atoms with van der Waals surface area (Å²) in [6.45, 7) is 4.21. The molecule has 1 unspecified atom stereocenters. The number of methoxy groups -OCH3 is 1. The van der Waals surface area contributed by atoms with Gasteiger partial charge in [0.05, 0.1) is 6.61 Å². The summed E-state index contributed by atoms with van der Waals surface area (Å²) in [7, 11) is 1.70. The van der Waals surface area contributed by atoms with E-state index in [1.807, 2.05) is 0 Å². The van der Waals surface area contributed by atoms with E-state index in [9.17, 15) is 4.39 Å². The van der Waals surface area contributed by atoms with Gasteiger partial charge in [-0.05, 0) is 62.4 Å². The van der Waals surface area contributed by atoms with Gasteiger partial charge in [0.2, 0.25) is 0 Å². The van der Waals surface area contributed by atoms with Crippen LogP contribution >= 0.6 is 0 Å². The van der Waals surface area contributed by atoms with Crippen molar-refractivity contribution in [1.29, 1.82) is 0 Å². The molecule has 4 heteroatoms. The van der Waals surface area contributed by atoms with Gasteiger partial charge in [0, 0.05) is 25.4 Å². The maximum absolute atomic E-state index is 13.8. The lowest BCUT2D eigenvalue weighted by Gasteiger charge is -2.32. The van der Waals surface area contributed by atoms with Gasteiger partial charge < -0.3 is 15.4 Å². The van der Waals surface area contributed by atoms with Gasteiger partial charge in [0.25, 0.3) is 0 Å². The maximum atomic E-state index is 13.8. The second kappa shape index (κ2) is 7.04. The van der Waals surface area contributed by atoms with E-state index in [1.165, 1.54) is 12.8 Å². The molecule has 1 aliphatic rings. The number of benzene rings is 1. The Balaban J connectivity index is 2.21. The number of nitrogens with two attached hydrogens (primary N) is 1. The smallest absolute Gasteiger partial charge is 0.125 e. The number of hydrogen-bond donors (Lipinski definition) is 1. The molecule has 1 aromatic carbocycles. The molecule has 1 saturated carbocycles. The molecule has 112 valence electrons. The third-order valence-electron chi connectivity index (χ3n) is 4.04. The van der Waals surface area contributed by atoms with Gasteiger partial charge in [-0.1, -0.05) is 0 Å². The van der Waals surface area contributed by atoms with Crippen molar-refractivity contribution in [1.82, 2.24) is 0 Å². The Bertz CT molecular complexity index is 434. The molecule has 20 heavy (non-hydrogen) atoms. The van der Waals surface area contributed by atoms with Crippen molar-refractivity contribution in [3.63, 3.8) is 0 Å². The zero-order valence-electron chi connectivity index (χ0n) is 12.4. The fourth-order valence-corrected chi connectivity index (χ4v) is 2.70. The van der Waals surface area contributed by atoms with Gasteiger partial charge in [-0.15, -0.1) is 0 Å². The topological polar surface area (TPSA) is 38.5 Å². The summed E-state index contributed by atoms with van der Waals surface area (Å²) in [6.07, 6.45) is 3.26.